The van der Waals surface area contributed by atoms with Gasteiger partial charge in [0.15, 0.2) is 0 Å². The molecule has 0 amide bonds. The van der Waals surface area contributed by atoms with Gasteiger partial charge in [-0.05, 0) is 30.7 Å². The highest BCUT2D eigenvalue weighted by Gasteiger charge is 2.20. The predicted octanol–water partition coefficient (Wildman–Crippen LogP) is 3.65. The van der Waals surface area contributed by atoms with E-state index in [9.17, 15) is 8.78 Å². The fourth-order valence-corrected chi connectivity index (χ4v) is 1.45. The molecule has 1 unspecified atom stereocenters. The second kappa shape index (κ2) is 6.03. The summed E-state index contributed by atoms with van der Waals surface area (Å²) in [5, 5.41) is 3.37. The molecule has 0 spiro atoms. The highest BCUT2D eigenvalue weighted by atomic mass is 35.5. The van der Waals surface area contributed by atoms with Crippen LogP contribution in [0.2, 0.25) is 5.02 Å². The van der Waals surface area contributed by atoms with Crippen molar-refractivity contribution < 1.29 is 8.78 Å². The van der Waals surface area contributed by atoms with E-state index in [1.807, 2.05) is 6.92 Å². The quantitative estimate of drug-likeness (QED) is 0.819. The minimum Gasteiger partial charge on any atom is -0.305 e. The lowest BCUT2D eigenvalue weighted by Crippen LogP contribution is -2.27. The molecule has 0 radical (unpaired) electrons. The Kier molecular flexibility index (Phi) is 4.99. The molecule has 15 heavy (non-hydrogen) atoms. The van der Waals surface area contributed by atoms with Crippen LogP contribution in [0.4, 0.5) is 8.78 Å². The largest absolute Gasteiger partial charge is 0.305 e. The smallest absolute Gasteiger partial charge is 0.257 e. The van der Waals surface area contributed by atoms with Gasteiger partial charge in [-0.25, -0.2) is 8.78 Å². The van der Waals surface area contributed by atoms with Gasteiger partial charge in [0.2, 0.25) is 0 Å². The van der Waals surface area contributed by atoms with Crippen molar-refractivity contribution in [1.29, 1.82) is 0 Å². The zero-order valence-electron chi connectivity index (χ0n) is 8.51. The molecule has 84 valence electrons. The lowest BCUT2D eigenvalue weighted by atomic mass is 10.1. The average molecular weight is 234 g/mol. The summed E-state index contributed by atoms with van der Waals surface area (Å²) in [6, 6.07) is 5.60. The molecule has 1 atom stereocenters. The molecule has 0 saturated heterocycles. The zero-order chi connectivity index (χ0) is 11.3. The Bertz CT molecular complexity index is 287. The van der Waals surface area contributed by atoms with Gasteiger partial charge in [0.05, 0.1) is 6.04 Å². The summed E-state index contributed by atoms with van der Waals surface area (Å²) in [6.45, 7) is 2.52. The van der Waals surface area contributed by atoms with Crippen molar-refractivity contribution in [1.82, 2.24) is 5.32 Å². The highest BCUT2D eigenvalue weighted by molar-refractivity contribution is 6.30. The second-order valence-electron chi connectivity index (χ2n) is 3.32. The topological polar surface area (TPSA) is 12.0 Å². The molecule has 4 heteroatoms. The number of nitrogens with one attached hydrogen (secondary N) is 1. The van der Waals surface area contributed by atoms with Crippen LogP contribution in [0.5, 0.6) is 0 Å². The van der Waals surface area contributed by atoms with Crippen LogP contribution < -0.4 is 5.32 Å². The third-order valence-electron chi connectivity index (χ3n) is 2.10. The number of halogens is 3. The Morgan fingerprint density at radius 3 is 2.33 bits per heavy atom. The van der Waals surface area contributed by atoms with Gasteiger partial charge in [0.1, 0.15) is 0 Å². The van der Waals surface area contributed by atoms with E-state index in [4.69, 9.17) is 11.6 Å². The van der Waals surface area contributed by atoms with E-state index in [0.717, 1.165) is 6.42 Å². The standard InChI is InChI=1S/C11H14ClF2N/c1-2-7-15-10(11(13)14)8-3-5-9(12)6-4-8/h3-6,10-11,15H,2,7H2,1H3. The van der Waals surface area contributed by atoms with Crippen LogP contribution in [0.25, 0.3) is 0 Å². The summed E-state index contributed by atoms with van der Waals surface area (Å²) in [5.74, 6) is 0. The van der Waals surface area contributed by atoms with Crippen molar-refractivity contribution in [3.8, 4) is 0 Å². The minimum atomic E-state index is -2.40. The van der Waals surface area contributed by atoms with Crippen LogP contribution in [0.3, 0.4) is 0 Å². The van der Waals surface area contributed by atoms with E-state index in [-0.39, 0.29) is 0 Å². The summed E-state index contributed by atoms with van der Waals surface area (Å²) in [7, 11) is 0. The second-order valence-corrected chi connectivity index (χ2v) is 3.75. The van der Waals surface area contributed by atoms with Gasteiger partial charge in [-0.2, -0.15) is 0 Å². The molecule has 0 fully saturated rings. The minimum absolute atomic E-state index is 0.558. The number of benzene rings is 1. The fourth-order valence-electron chi connectivity index (χ4n) is 1.32. The molecule has 0 aliphatic heterocycles. The molecule has 0 aliphatic carbocycles. The predicted molar refractivity (Wildman–Crippen MR) is 58.5 cm³/mol. The van der Waals surface area contributed by atoms with Crippen molar-refractivity contribution in [2.75, 3.05) is 6.54 Å². The molecule has 1 nitrogen and oxygen atoms in total. The molecule has 0 bridgehead atoms. The maximum absolute atomic E-state index is 12.7. The van der Waals surface area contributed by atoms with Crippen LogP contribution in [0.1, 0.15) is 24.9 Å². The van der Waals surface area contributed by atoms with E-state index in [2.05, 4.69) is 5.32 Å². The van der Waals surface area contributed by atoms with Crippen LogP contribution in [0, 0.1) is 0 Å². The molecule has 1 aromatic rings. The maximum Gasteiger partial charge on any atom is 0.257 e. The fraction of sp³-hybridized carbons (Fsp3) is 0.455. The zero-order valence-corrected chi connectivity index (χ0v) is 9.27. The van der Waals surface area contributed by atoms with Gasteiger partial charge < -0.3 is 5.32 Å². The van der Waals surface area contributed by atoms with Crippen LogP contribution in [-0.2, 0) is 0 Å². The third kappa shape index (κ3) is 3.76. The summed E-state index contributed by atoms with van der Waals surface area (Å²) >= 11 is 5.69. The number of rotatable bonds is 5. The third-order valence-corrected chi connectivity index (χ3v) is 2.35. The lowest BCUT2D eigenvalue weighted by Gasteiger charge is -2.17. The van der Waals surface area contributed by atoms with E-state index in [1.165, 1.54) is 0 Å². The summed E-state index contributed by atoms with van der Waals surface area (Å²) < 4.78 is 25.4. The van der Waals surface area contributed by atoms with Gasteiger partial charge in [-0.15, -0.1) is 0 Å². The normalized spacial score (nSPS) is 13.1. The lowest BCUT2D eigenvalue weighted by molar-refractivity contribution is 0.0985. The monoisotopic (exact) mass is 233 g/mol. The molecule has 0 heterocycles. The molecule has 1 aromatic carbocycles. The Balaban J connectivity index is 2.74. The van der Waals surface area contributed by atoms with Crippen LogP contribution >= 0.6 is 11.6 Å². The Labute approximate surface area is 93.4 Å². The van der Waals surface area contributed by atoms with Crippen LogP contribution in [0.15, 0.2) is 24.3 Å². The Morgan fingerprint density at radius 1 is 1.27 bits per heavy atom. The molecule has 0 saturated carbocycles. The Morgan fingerprint density at radius 2 is 1.87 bits per heavy atom. The van der Waals surface area contributed by atoms with Crippen molar-refractivity contribution in [3.05, 3.63) is 34.9 Å². The average Bonchev–Trinajstić information content (AvgIpc) is 2.21. The Hall–Kier alpha value is -0.670. The van der Waals surface area contributed by atoms with Crippen molar-refractivity contribution in [2.24, 2.45) is 0 Å². The van der Waals surface area contributed by atoms with Crippen molar-refractivity contribution >= 4 is 11.6 Å². The number of hydrogen-bond acceptors (Lipinski definition) is 1. The molecular weight excluding hydrogens is 220 g/mol. The summed E-state index contributed by atoms with van der Waals surface area (Å²) in [5.41, 5.74) is 0.572. The highest BCUT2D eigenvalue weighted by Crippen LogP contribution is 2.22. The van der Waals surface area contributed by atoms with Crippen LogP contribution in [-0.4, -0.2) is 13.0 Å². The van der Waals surface area contributed by atoms with Crippen molar-refractivity contribution in [2.45, 2.75) is 25.8 Å². The van der Waals surface area contributed by atoms with E-state index in [1.54, 1.807) is 24.3 Å². The van der Waals surface area contributed by atoms with Gasteiger partial charge in [-0.1, -0.05) is 30.7 Å². The van der Waals surface area contributed by atoms with Crippen molar-refractivity contribution in [3.63, 3.8) is 0 Å². The molecule has 1 N–H and O–H groups in total. The number of hydrogen-bond donors (Lipinski definition) is 1. The van der Waals surface area contributed by atoms with E-state index >= 15 is 0 Å². The molecule has 0 aliphatic rings. The molecular formula is C11H14ClF2N. The first-order chi connectivity index (χ1) is 7.15. The first-order valence-electron chi connectivity index (χ1n) is 4.92. The first-order valence-corrected chi connectivity index (χ1v) is 5.30. The van der Waals surface area contributed by atoms with Gasteiger partial charge in [0, 0.05) is 5.02 Å². The molecule has 1 rings (SSSR count). The SMILES string of the molecule is CCCNC(c1ccc(Cl)cc1)C(F)F. The van der Waals surface area contributed by atoms with Gasteiger partial charge >= 0.3 is 0 Å². The van der Waals surface area contributed by atoms with Gasteiger partial charge in [0.25, 0.3) is 6.43 Å². The maximum atomic E-state index is 12.7. The summed E-state index contributed by atoms with van der Waals surface area (Å²) in [4.78, 5) is 0. The molecule has 0 aromatic heterocycles. The van der Waals surface area contributed by atoms with E-state index < -0.39 is 12.5 Å². The van der Waals surface area contributed by atoms with E-state index in [0.29, 0.717) is 17.1 Å². The number of alkyl halides is 2. The van der Waals surface area contributed by atoms with Gasteiger partial charge in [-0.3, -0.25) is 0 Å². The first kappa shape index (κ1) is 12.4. The summed E-state index contributed by atoms with van der Waals surface area (Å²) in [6.07, 6.45) is -1.57.